The number of fused-ring (bicyclic) bond motifs is 1. The Morgan fingerprint density at radius 2 is 1.65 bits per heavy atom. The molecular formula is C28H27NO5. The largest absolute Gasteiger partial charge is 0.497 e. The minimum atomic E-state index is -0.901. The molecule has 1 aromatic heterocycles. The van der Waals surface area contributed by atoms with E-state index in [9.17, 15) is 14.7 Å². The number of aromatic nitrogens is 1. The van der Waals surface area contributed by atoms with Crippen LogP contribution in [0.4, 0.5) is 0 Å². The molecule has 0 spiro atoms. The third-order valence-electron chi connectivity index (χ3n) is 5.96. The van der Waals surface area contributed by atoms with Gasteiger partial charge in [-0.1, -0.05) is 18.2 Å². The predicted octanol–water partition coefficient (Wildman–Crippen LogP) is 5.20. The van der Waals surface area contributed by atoms with Crippen molar-refractivity contribution in [3.63, 3.8) is 0 Å². The summed E-state index contributed by atoms with van der Waals surface area (Å²) in [6.45, 7) is 4.42. The first kappa shape index (κ1) is 23.1. The number of ether oxygens (including phenoxy) is 2. The number of carbonyl (C=O) groups excluding carboxylic acids is 1. The number of carboxylic acids is 1. The number of aryl methyl sites for hydroxylation is 2. The Bertz CT molecular complexity index is 1350. The van der Waals surface area contributed by atoms with Crippen LogP contribution in [0.2, 0.25) is 0 Å². The molecule has 3 aromatic carbocycles. The smallest absolute Gasteiger partial charge is 0.307 e. The van der Waals surface area contributed by atoms with Gasteiger partial charge in [-0.05, 0) is 79.1 Å². The van der Waals surface area contributed by atoms with Crippen molar-refractivity contribution in [2.75, 3.05) is 13.7 Å². The fourth-order valence-corrected chi connectivity index (χ4v) is 4.19. The van der Waals surface area contributed by atoms with Crippen LogP contribution in [-0.4, -0.2) is 35.3 Å². The fourth-order valence-electron chi connectivity index (χ4n) is 4.19. The van der Waals surface area contributed by atoms with E-state index in [-0.39, 0.29) is 12.3 Å². The van der Waals surface area contributed by atoms with Gasteiger partial charge in [-0.3, -0.25) is 14.2 Å². The Balaban J connectivity index is 1.47. The standard InChI is InChI=1S/C28H27NO5/c1-18-15-24(33-3)12-7-20(18)13-14-34-23-10-8-21(9-11-23)28(32)29-19(2)16-25-22(17-27(30)31)5-4-6-26(25)29/h4-12,15-16H,13-14,17H2,1-3H3,(H,30,31). The van der Waals surface area contributed by atoms with Gasteiger partial charge in [-0.2, -0.15) is 0 Å². The average molecular weight is 458 g/mol. The second kappa shape index (κ2) is 9.83. The molecular weight excluding hydrogens is 430 g/mol. The zero-order valence-electron chi connectivity index (χ0n) is 19.5. The van der Waals surface area contributed by atoms with E-state index in [1.54, 1.807) is 48.1 Å². The van der Waals surface area contributed by atoms with Crippen molar-refractivity contribution in [3.05, 3.63) is 94.7 Å². The molecule has 0 aliphatic rings. The van der Waals surface area contributed by atoms with Crippen LogP contribution in [0.3, 0.4) is 0 Å². The summed E-state index contributed by atoms with van der Waals surface area (Å²) in [7, 11) is 1.66. The highest BCUT2D eigenvalue weighted by Crippen LogP contribution is 2.25. The topological polar surface area (TPSA) is 77.8 Å². The van der Waals surface area contributed by atoms with Gasteiger partial charge >= 0.3 is 5.97 Å². The van der Waals surface area contributed by atoms with Crippen molar-refractivity contribution in [2.24, 2.45) is 0 Å². The summed E-state index contributed by atoms with van der Waals surface area (Å²) in [5.74, 6) is 0.467. The first-order valence-electron chi connectivity index (χ1n) is 11.1. The first-order chi connectivity index (χ1) is 16.4. The number of hydrogen-bond acceptors (Lipinski definition) is 4. The number of rotatable bonds is 8. The molecule has 0 unspecified atom stereocenters. The lowest BCUT2D eigenvalue weighted by molar-refractivity contribution is -0.136. The van der Waals surface area contributed by atoms with Crippen LogP contribution in [0.1, 0.15) is 32.7 Å². The summed E-state index contributed by atoms with van der Waals surface area (Å²) in [5.41, 5.74) is 5.04. The molecule has 0 aliphatic carbocycles. The minimum Gasteiger partial charge on any atom is -0.497 e. The zero-order valence-corrected chi connectivity index (χ0v) is 19.5. The maximum absolute atomic E-state index is 13.3. The molecule has 0 radical (unpaired) electrons. The molecule has 1 N–H and O–H groups in total. The second-order valence-electron chi connectivity index (χ2n) is 8.26. The molecule has 4 rings (SSSR count). The number of methoxy groups -OCH3 is 1. The fraction of sp³-hybridized carbons (Fsp3) is 0.214. The Hall–Kier alpha value is -4.06. The third-order valence-corrected chi connectivity index (χ3v) is 5.96. The minimum absolute atomic E-state index is 0.0862. The lowest BCUT2D eigenvalue weighted by Gasteiger charge is -2.11. The number of carboxylic acid groups (broad SMARTS) is 1. The van der Waals surface area contributed by atoms with E-state index in [4.69, 9.17) is 9.47 Å². The van der Waals surface area contributed by atoms with Crippen molar-refractivity contribution in [2.45, 2.75) is 26.7 Å². The zero-order chi connectivity index (χ0) is 24.2. The molecule has 0 bridgehead atoms. The second-order valence-corrected chi connectivity index (χ2v) is 8.26. The molecule has 0 saturated carbocycles. The summed E-state index contributed by atoms with van der Waals surface area (Å²) in [5, 5.41) is 9.97. The van der Waals surface area contributed by atoms with Crippen molar-refractivity contribution < 1.29 is 24.2 Å². The van der Waals surface area contributed by atoms with Gasteiger partial charge in [0.15, 0.2) is 0 Å². The van der Waals surface area contributed by atoms with Gasteiger partial charge < -0.3 is 14.6 Å². The number of nitrogens with zero attached hydrogens (tertiary/aromatic N) is 1. The quantitative estimate of drug-likeness (QED) is 0.393. The maximum Gasteiger partial charge on any atom is 0.307 e. The lowest BCUT2D eigenvalue weighted by atomic mass is 10.1. The molecule has 0 saturated heterocycles. The lowest BCUT2D eigenvalue weighted by Crippen LogP contribution is -2.13. The molecule has 6 nitrogen and oxygen atoms in total. The summed E-state index contributed by atoms with van der Waals surface area (Å²) in [6.07, 6.45) is 0.681. The van der Waals surface area contributed by atoms with E-state index in [0.29, 0.717) is 29.0 Å². The number of carbonyl (C=O) groups is 2. The Labute approximate surface area is 198 Å². The number of aliphatic carboxylic acids is 1. The van der Waals surface area contributed by atoms with Crippen LogP contribution in [0.15, 0.2) is 66.7 Å². The van der Waals surface area contributed by atoms with Crippen LogP contribution in [0.5, 0.6) is 11.5 Å². The highest BCUT2D eigenvalue weighted by molar-refractivity contribution is 6.04. The van der Waals surface area contributed by atoms with Crippen LogP contribution in [-0.2, 0) is 17.6 Å². The predicted molar refractivity (Wildman–Crippen MR) is 131 cm³/mol. The molecule has 174 valence electrons. The molecule has 0 amide bonds. The van der Waals surface area contributed by atoms with Gasteiger partial charge in [0.05, 0.1) is 25.7 Å². The van der Waals surface area contributed by atoms with Gasteiger partial charge in [0, 0.05) is 23.1 Å². The van der Waals surface area contributed by atoms with Crippen LogP contribution < -0.4 is 9.47 Å². The Kier molecular flexibility index (Phi) is 6.68. The molecule has 4 aromatic rings. The van der Waals surface area contributed by atoms with Gasteiger partial charge in [0.2, 0.25) is 0 Å². The normalized spacial score (nSPS) is 10.9. The monoisotopic (exact) mass is 457 g/mol. The van der Waals surface area contributed by atoms with Crippen molar-refractivity contribution in [1.82, 2.24) is 4.57 Å². The highest BCUT2D eigenvalue weighted by Gasteiger charge is 2.17. The first-order valence-corrected chi connectivity index (χ1v) is 11.1. The molecule has 0 atom stereocenters. The van der Waals surface area contributed by atoms with Crippen LogP contribution in [0.25, 0.3) is 10.9 Å². The van der Waals surface area contributed by atoms with Gasteiger partial charge in [0.25, 0.3) is 5.91 Å². The van der Waals surface area contributed by atoms with E-state index in [1.165, 1.54) is 5.56 Å². The van der Waals surface area contributed by atoms with Gasteiger partial charge in [-0.25, -0.2) is 0 Å². The SMILES string of the molecule is COc1ccc(CCOc2ccc(C(=O)n3c(C)cc4c(CC(=O)O)cccc43)cc2)c(C)c1. The summed E-state index contributed by atoms with van der Waals surface area (Å²) in [4.78, 5) is 24.5. The van der Waals surface area contributed by atoms with Crippen LogP contribution in [0, 0.1) is 13.8 Å². The third kappa shape index (κ3) is 4.81. The highest BCUT2D eigenvalue weighted by atomic mass is 16.5. The van der Waals surface area contributed by atoms with Crippen molar-refractivity contribution >= 4 is 22.8 Å². The Morgan fingerprint density at radius 1 is 0.912 bits per heavy atom. The van der Waals surface area contributed by atoms with E-state index < -0.39 is 5.97 Å². The molecule has 6 heteroatoms. The summed E-state index contributed by atoms with van der Waals surface area (Å²) < 4.78 is 12.8. The van der Waals surface area contributed by atoms with E-state index >= 15 is 0 Å². The van der Waals surface area contributed by atoms with Gasteiger partial charge in [-0.15, -0.1) is 0 Å². The van der Waals surface area contributed by atoms with Crippen molar-refractivity contribution in [3.8, 4) is 11.5 Å². The summed E-state index contributed by atoms with van der Waals surface area (Å²) >= 11 is 0. The van der Waals surface area contributed by atoms with Crippen molar-refractivity contribution in [1.29, 1.82) is 0 Å². The van der Waals surface area contributed by atoms with Crippen LogP contribution >= 0.6 is 0 Å². The maximum atomic E-state index is 13.3. The number of benzene rings is 3. The average Bonchev–Trinajstić information content (AvgIpc) is 3.16. The molecule has 0 fully saturated rings. The molecule has 1 heterocycles. The van der Waals surface area contributed by atoms with E-state index in [2.05, 4.69) is 6.92 Å². The Morgan fingerprint density at radius 3 is 2.32 bits per heavy atom. The summed E-state index contributed by atoms with van der Waals surface area (Å²) in [6, 6.07) is 20.4. The van der Waals surface area contributed by atoms with E-state index in [0.717, 1.165) is 28.8 Å². The van der Waals surface area contributed by atoms with E-state index in [1.807, 2.05) is 37.3 Å². The molecule has 0 aliphatic heterocycles. The number of hydrogen-bond donors (Lipinski definition) is 1. The molecule has 34 heavy (non-hydrogen) atoms. The van der Waals surface area contributed by atoms with Gasteiger partial charge in [0.1, 0.15) is 11.5 Å².